The number of hydrogen-bond acceptors (Lipinski definition) is 3. The first-order valence-corrected chi connectivity index (χ1v) is 8.16. The van der Waals surface area contributed by atoms with Crippen LogP contribution in [0.25, 0.3) is 0 Å². The summed E-state index contributed by atoms with van der Waals surface area (Å²) in [4.78, 5) is 24.2. The lowest BCUT2D eigenvalue weighted by molar-refractivity contribution is -0.186. The van der Waals surface area contributed by atoms with Crippen LogP contribution in [-0.4, -0.2) is 49.1 Å². The fourth-order valence-corrected chi connectivity index (χ4v) is 3.56. The molecular weight excluding hydrogens is 311 g/mol. The Morgan fingerprint density at radius 2 is 1.78 bits per heavy atom. The van der Waals surface area contributed by atoms with E-state index >= 15 is 0 Å². The third kappa shape index (κ3) is 4.59. The zero-order chi connectivity index (χ0) is 17.0. The van der Waals surface area contributed by atoms with Gasteiger partial charge in [0.05, 0.1) is 0 Å². The minimum absolute atomic E-state index is 0.00625. The lowest BCUT2D eigenvalue weighted by Crippen LogP contribution is -2.47. The molecule has 8 heteroatoms. The number of carbonyl (C=O) groups is 2. The highest BCUT2D eigenvalue weighted by molar-refractivity contribution is 5.82. The van der Waals surface area contributed by atoms with Crippen LogP contribution in [0.2, 0.25) is 0 Å². The molecule has 0 radical (unpaired) electrons. The van der Waals surface area contributed by atoms with Crippen molar-refractivity contribution in [2.75, 3.05) is 26.2 Å². The van der Waals surface area contributed by atoms with E-state index in [4.69, 9.17) is 5.73 Å². The predicted molar refractivity (Wildman–Crippen MR) is 78.3 cm³/mol. The van der Waals surface area contributed by atoms with Crippen LogP contribution in [0.3, 0.4) is 0 Å². The van der Waals surface area contributed by atoms with Crippen molar-refractivity contribution < 1.29 is 22.8 Å². The van der Waals surface area contributed by atoms with Crippen molar-refractivity contribution in [3.8, 4) is 0 Å². The maximum atomic E-state index is 12.4. The van der Waals surface area contributed by atoms with Gasteiger partial charge in [-0.15, -0.1) is 0 Å². The average Bonchev–Trinajstić information content (AvgIpc) is 3.00. The SMILES string of the molecule is NC[C@H]1CCC[C@H]1C(=O)NCC1CCN(C(=O)C(F)(F)F)CC1. The molecule has 0 spiro atoms. The standard InChI is InChI=1S/C15H24F3N3O2/c16-15(17,18)14(23)21-6-4-10(5-7-21)9-20-13(22)12-3-1-2-11(12)8-19/h10-12H,1-9,19H2,(H,20,22)/t11-,12-/m1/s1. The van der Waals surface area contributed by atoms with Gasteiger partial charge in [-0.2, -0.15) is 13.2 Å². The van der Waals surface area contributed by atoms with Gasteiger partial charge in [0.2, 0.25) is 5.91 Å². The van der Waals surface area contributed by atoms with Crippen LogP contribution in [-0.2, 0) is 9.59 Å². The van der Waals surface area contributed by atoms with Crippen molar-refractivity contribution >= 4 is 11.8 Å². The second-order valence-corrected chi connectivity index (χ2v) is 6.51. The van der Waals surface area contributed by atoms with Crippen LogP contribution in [0, 0.1) is 17.8 Å². The molecule has 23 heavy (non-hydrogen) atoms. The number of halogens is 3. The molecule has 1 saturated heterocycles. The van der Waals surface area contributed by atoms with Gasteiger partial charge in [0.15, 0.2) is 0 Å². The number of hydrogen-bond donors (Lipinski definition) is 2. The topological polar surface area (TPSA) is 75.4 Å². The monoisotopic (exact) mass is 335 g/mol. The van der Waals surface area contributed by atoms with Crippen LogP contribution >= 0.6 is 0 Å². The van der Waals surface area contributed by atoms with Gasteiger partial charge in [-0.25, -0.2) is 0 Å². The van der Waals surface area contributed by atoms with Crippen molar-refractivity contribution in [3.05, 3.63) is 0 Å². The molecule has 132 valence electrons. The van der Waals surface area contributed by atoms with Gasteiger partial charge in [-0.05, 0) is 44.1 Å². The van der Waals surface area contributed by atoms with Crippen LogP contribution < -0.4 is 11.1 Å². The van der Waals surface area contributed by atoms with Crippen LogP contribution in [0.1, 0.15) is 32.1 Å². The summed E-state index contributed by atoms with van der Waals surface area (Å²) in [5.41, 5.74) is 5.67. The first-order chi connectivity index (χ1) is 10.8. The van der Waals surface area contributed by atoms with Gasteiger partial charge >= 0.3 is 12.1 Å². The number of amides is 2. The van der Waals surface area contributed by atoms with E-state index in [2.05, 4.69) is 5.32 Å². The predicted octanol–water partition coefficient (Wildman–Crippen LogP) is 1.28. The molecule has 2 aliphatic rings. The number of nitrogens with one attached hydrogen (secondary N) is 1. The molecule has 2 rings (SSSR count). The Hall–Kier alpha value is -1.31. The number of carbonyl (C=O) groups excluding carboxylic acids is 2. The van der Waals surface area contributed by atoms with Gasteiger partial charge in [-0.3, -0.25) is 9.59 Å². The number of piperidine rings is 1. The number of rotatable bonds is 4. The molecule has 0 bridgehead atoms. The molecule has 1 aliphatic carbocycles. The molecule has 1 aliphatic heterocycles. The fraction of sp³-hybridized carbons (Fsp3) is 0.867. The van der Waals surface area contributed by atoms with E-state index in [-0.39, 0.29) is 36.8 Å². The third-order valence-electron chi connectivity index (χ3n) is 5.01. The van der Waals surface area contributed by atoms with Gasteiger partial charge in [0.1, 0.15) is 0 Å². The number of alkyl halides is 3. The maximum Gasteiger partial charge on any atom is 0.471 e. The molecule has 0 aromatic carbocycles. The normalized spacial score (nSPS) is 26.3. The highest BCUT2D eigenvalue weighted by Crippen LogP contribution is 2.31. The Labute approximate surface area is 133 Å². The van der Waals surface area contributed by atoms with Crippen LogP contribution in [0.5, 0.6) is 0 Å². The molecule has 3 N–H and O–H groups in total. The molecule has 0 unspecified atom stereocenters. The highest BCUT2D eigenvalue weighted by Gasteiger charge is 2.43. The Balaban J connectivity index is 1.72. The molecule has 5 nitrogen and oxygen atoms in total. The lowest BCUT2D eigenvalue weighted by atomic mass is 9.93. The van der Waals surface area contributed by atoms with Gasteiger partial charge in [0, 0.05) is 25.6 Å². The van der Waals surface area contributed by atoms with Crippen molar-refractivity contribution in [2.24, 2.45) is 23.5 Å². The molecule has 1 saturated carbocycles. The molecule has 2 atom stereocenters. The smallest absolute Gasteiger partial charge is 0.356 e. The van der Waals surface area contributed by atoms with E-state index in [0.717, 1.165) is 24.2 Å². The second-order valence-electron chi connectivity index (χ2n) is 6.51. The minimum Gasteiger partial charge on any atom is -0.356 e. The summed E-state index contributed by atoms with van der Waals surface area (Å²) < 4.78 is 37.1. The average molecular weight is 335 g/mol. The number of likely N-dealkylation sites (tertiary alicyclic amines) is 1. The zero-order valence-electron chi connectivity index (χ0n) is 13.1. The zero-order valence-corrected chi connectivity index (χ0v) is 13.1. The van der Waals surface area contributed by atoms with Crippen molar-refractivity contribution in [1.82, 2.24) is 10.2 Å². The lowest BCUT2D eigenvalue weighted by Gasteiger charge is -2.32. The molecule has 0 aromatic rings. The first kappa shape index (κ1) is 18.0. The van der Waals surface area contributed by atoms with Gasteiger partial charge < -0.3 is 16.0 Å². The maximum absolute atomic E-state index is 12.4. The van der Waals surface area contributed by atoms with Crippen molar-refractivity contribution in [1.29, 1.82) is 0 Å². The summed E-state index contributed by atoms with van der Waals surface area (Å²) in [5, 5.41) is 2.91. The van der Waals surface area contributed by atoms with Crippen molar-refractivity contribution in [2.45, 2.75) is 38.3 Å². The Morgan fingerprint density at radius 3 is 2.35 bits per heavy atom. The van der Waals surface area contributed by atoms with E-state index in [1.54, 1.807) is 0 Å². The van der Waals surface area contributed by atoms with E-state index in [9.17, 15) is 22.8 Å². The van der Waals surface area contributed by atoms with Crippen molar-refractivity contribution in [3.63, 3.8) is 0 Å². The number of nitrogens with two attached hydrogens (primary N) is 1. The summed E-state index contributed by atoms with van der Waals surface area (Å²) in [6, 6.07) is 0. The molecule has 1 heterocycles. The van der Waals surface area contributed by atoms with E-state index < -0.39 is 12.1 Å². The van der Waals surface area contributed by atoms with Crippen LogP contribution in [0.4, 0.5) is 13.2 Å². The summed E-state index contributed by atoms with van der Waals surface area (Å²) in [7, 11) is 0. The summed E-state index contributed by atoms with van der Waals surface area (Å²) >= 11 is 0. The van der Waals surface area contributed by atoms with Crippen LogP contribution in [0.15, 0.2) is 0 Å². The van der Waals surface area contributed by atoms with E-state index in [1.807, 2.05) is 0 Å². The second kappa shape index (κ2) is 7.51. The quantitative estimate of drug-likeness (QED) is 0.813. The number of nitrogens with zero attached hydrogens (tertiary/aromatic N) is 1. The molecule has 0 aromatic heterocycles. The highest BCUT2D eigenvalue weighted by atomic mass is 19.4. The largest absolute Gasteiger partial charge is 0.471 e. The Bertz CT molecular complexity index is 434. The Morgan fingerprint density at radius 1 is 1.13 bits per heavy atom. The van der Waals surface area contributed by atoms with E-state index in [1.165, 1.54) is 0 Å². The first-order valence-electron chi connectivity index (χ1n) is 8.16. The summed E-state index contributed by atoms with van der Waals surface area (Å²) in [6.07, 6.45) is -1.00. The van der Waals surface area contributed by atoms with Gasteiger partial charge in [-0.1, -0.05) is 6.42 Å². The Kier molecular flexibility index (Phi) is 5.89. The molecule has 2 fully saturated rings. The summed E-state index contributed by atoms with van der Waals surface area (Å²) in [6.45, 7) is 1.15. The molecular formula is C15H24F3N3O2. The fourth-order valence-electron chi connectivity index (χ4n) is 3.56. The third-order valence-corrected chi connectivity index (χ3v) is 5.01. The molecule has 2 amide bonds. The van der Waals surface area contributed by atoms with Gasteiger partial charge in [0.25, 0.3) is 0 Å². The summed E-state index contributed by atoms with van der Waals surface area (Å²) in [5.74, 6) is -1.44. The minimum atomic E-state index is -4.80. The van der Waals surface area contributed by atoms with E-state index in [0.29, 0.717) is 25.9 Å².